The van der Waals surface area contributed by atoms with E-state index in [2.05, 4.69) is 26.1 Å². The van der Waals surface area contributed by atoms with Gasteiger partial charge in [0.05, 0.1) is 6.61 Å². The summed E-state index contributed by atoms with van der Waals surface area (Å²) in [6, 6.07) is 15.7. The molecular weight excluding hydrogens is 310 g/mol. The quantitative estimate of drug-likeness (QED) is 0.500. The molecule has 2 rings (SSSR count). The molecule has 3 heteroatoms. The number of unbranched alkanes of at least 4 members (excludes halogenated alkanes) is 1. The van der Waals surface area contributed by atoms with Crippen molar-refractivity contribution in [1.82, 2.24) is 0 Å². The van der Waals surface area contributed by atoms with E-state index in [1.807, 2.05) is 48.5 Å². The molecule has 2 aromatic rings. The molecule has 25 heavy (non-hydrogen) atoms. The molecule has 0 atom stereocenters. The van der Waals surface area contributed by atoms with Crippen molar-refractivity contribution in [3.8, 4) is 5.75 Å². The van der Waals surface area contributed by atoms with Gasteiger partial charge in [0.2, 0.25) is 5.91 Å². The normalized spacial score (nSPS) is 11.0. The highest BCUT2D eigenvalue weighted by atomic mass is 16.5. The molecule has 1 N–H and O–H groups in total. The number of ether oxygens (including phenoxy) is 1. The van der Waals surface area contributed by atoms with Crippen LogP contribution < -0.4 is 10.1 Å². The van der Waals surface area contributed by atoms with Gasteiger partial charge in [-0.05, 0) is 36.1 Å². The minimum Gasteiger partial charge on any atom is -0.493 e. The molecule has 132 valence electrons. The van der Waals surface area contributed by atoms with E-state index in [4.69, 9.17) is 4.74 Å². The predicted octanol–water partition coefficient (Wildman–Crippen LogP) is 5.64. The highest BCUT2D eigenvalue weighted by Crippen LogP contribution is 2.24. The Balaban J connectivity index is 2.06. The average molecular weight is 337 g/mol. The van der Waals surface area contributed by atoms with Gasteiger partial charge in [0.15, 0.2) is 0 Å². The highest BCUT2D eigenvalue weighted by Gasteiger charge is 2.07. The molecule has 1 amide bonds. The zero-order valence-electron chi connectivity index (χ0n) is 15.3. The van der Waals surface area contributed by atoms with Crippen molar-refractivity contribution >= 4 is 17.7 Å². The van der Waals surface area contributed by atoms with E-state index in [9.17, 15) is 4.79 Å². The Hall–Kier alpha value is -2.55. The molecule has 0 fully saturated rings. The Morgan fingerprint density at radius 3 is 2.60 bits per heavy atom. The zero-order chi connectivity index (χ0) is 18.1. The lowest BCUT2D eigenvalue weighted by Gasteiger charge is -2.12. The van der Waals surface area contributed by atoms with Crippen molar-refractivity contribution in [3.05, 3.63) is 65.7 Å². The molecule has 2 aromatic carbocycles. The molecule has 0 saturated carbocycles. The lowest BCUT2D eigenvalue weighted by molar-refractivity contribution is -0.111. The van der Waals surface area contributed by atoms with Crippen molar-refractivity contribution in [2.24, 2.45) is 0 Å². The Kier molecular flexibility index (Phi) is 7.27. The Morgan fingerprint density at radius 2 is 1.84 bits per heavy atom. The molecule has 0 unspecified atom stereocenters. The van der Waals surface area contributed by atoms with Crippen molar-refractivity contribution in [1.29, 1.82) is 0 Å². The second-order valence-corrected chi connectivity index (χ2v) is 6.30. The van der Waals surface area contributed by atoms with Crippen LogP contribution in [0.2, 0.25) is 0 Å². The third-order valence-electron chi connectivity index (χ3n) is 3.93. The Morgan fingerprint density at radius 1 is 1.12 bits per heavy atom. The summed E-state index contributed by atoms with van der Waals surface area (Å²) in [5, 5.41) is 2.97. The number of para-hydroxylation sites is 2. The van der Waals surface area contributed by atoms with Gasteiger partial charge in [0, 0.05) is 17.3 Å². The van der Waals surface area contributed by atoms with Crippen LogP contribution in [0.1, 0.15) is 50.7 Å². The van der Waals surface area contributed by atoms with Crippen LogP contribution in [0, 0.1) is 0 Å². The van der Waals surface area contributed by atoms with Gasteiger partial charge in [-0.3, -0.25) is 4.79 Å². The summed E-state index contributed by atoms with van der Waals surface area (Å²) < 4.78 is 5.80. The summed E-state index contributed by atoms with van der Waals surface area (Å²) in [4.78, 5) is 12.3. The van der Waals surface area contributed by atoms with Crippen LogP contribution in [0.4, 0.5) is 5.69 Å². The van der Waals surface area contributed by atoms with E-state index in [-0.39, 0.29) is 5.91 Å². The Bertz CT molecular complexity index is 719. The van der Waals surface area contributed by atoms with Crippen LogP contribution in [-0.2, 0) is 4.79 Å². The molecule has 0 heterocycles. The number of carbonyl (C=O) groups excluding carboxylic acids is 1. The van der Waals surface area contributed by atoms with E-state index >= 15 is 0 Å². The van der Waals surface area contributed by atoms with Crippen molar-refractivity contribution in [3.63, 3.8) is 0 Å². The van der Waals surface area contributed by atoms with Gasteiger partial charge in [-0.25, -0.2) is 0 Å². The first-order chi connectivity index (χ1) is 12.1. The van der Waals surface area contributed by atoms with E-state index < -0.39 is 0 Å². The number of nitrogens with one attached hydrogen (secondary N) is 1. The molecule has 0 spiro atoms. The summed E-state index contributed by atoms with van der Waals surface area (Å²) in [5.41, 5.74) is 2.90. The summed E-state index contributed by atoms with van der Waals surface area (Å²) in [6.45, 7) is 7.05. The van der Waals surface area contributed by atoms with Crippen molar-refractivity contribution in [2.75, 3.05) is 11.9 Å². The number of anilines is 1. The summed E-state index contributed by atoms with van der Waals surface area (Å²) >= 11 is 0. The molecule has 0 aliphatic heterocycles. The van der Waals surface area contributed by atoms with Crippen LogP contribution in [0.25, 0.3) is 6.08 Å². The van der Waals surface area contributed by atoms with Gasteiger partial charge in [0.1, 0.15) is 5.75 Å². The fourth-order valence-corrected chi connectivity index (χ4v) is 2.53. The number of amides is 1. The maximum Gasteiger partial charge on any atom is 0.248 e. The Labute approximate surface area is 150 Å². The first-order valence-corrected chi connectivity index (χ1v) is 8.91. The van der Waals surface area contributed by atoms with Crippen molar-refractivity contribution < 1.29 is 9.53 Å². The van der Waals surface area contributed by atoms with Gasteiger partial charge in [-0.2, -0.15) is 0 Å². The predicted molar refractivity (Wildman–Crippen MR) is 105 cm³/mol. The standard InChI is InChI=1S/C22H27NO2/c1-4-5-16-25-21-13-9-6-10-18(21)14-15-22(24)23-20-12-8-7-11-19(20)17(2)3/h6-15,17H,4-5,16H2,1-3H3,(H,23,24). The number of rotatable bonds is 8. The van der Waals surface area contributed by atoms with Crippen LogP contribution in [0.5, 0.6) is 5.75 Å². The molecule has 0 saturated heterocycles. The van der Waals surface area contributed by atoms with E-state index in [0.717, 1.165) is 35.4 Å². The minimum atomic E-state index is -0.142. The number of benzene rings is 2. The third kappa shape index (κ3) is 5.79. The monoisotopic (exact) mass is 337 g/mol. The molecule has 3 nitrogen and oxygen atoms in total. The van der Waals surface area contributed by atoms with Crippen LogP contribution in [-0.4, -0.2) is 12.5 Å². The SMILES string of the molecule is CCCCOc1ccccc1C=CC(=O)Nc1ccccc1C(C)C. The second-order valence-electron chi connectivity index (χ2n) is 6.30. The lowest BCUT2D eigenvalue weighted by atomic mass is 10.0. The van der Waals surface area contributed by atoms with Gasteiger partial charge < -0.3 is 10.1 Å². The maximum absolute atomic E-state index is 12.3. The maximum atomic E-state index is 12.3. The fourth-order valence-electron chi connectivity index (χ4n) is 2.53. The number of hydrogen-bond donors (Lipinski definition) is 1. The highest BCUT2D eigenvalue weighted by molar-refractivity contribution is 6.02. The number of carbonyl (C=O) groups is 1. The molecule has 0 bridgehead atoms. The van der Waals surface area contributed by atoms with Crippen LogP contribution in [0.15, 0.2) is 54.6 Å². The topological polar surface area (TPSA) is 38.3 Å². The lowest BCUT2D eigenvalue weighted by Crippen LogP contribution is -2.10. The average Bonchev–Trinajstić information content (AvgIpc) is 2.61. The van der Waals surface area contributed by atoms with Crippen molar-refractivity contribution in [2.45, 2.75) is 39.5 Å². The summed E-state index contributed by atoms with van der Waals surface area (Å²) in [7, 11) is 0. The van der Waals surface area contributed by atoms with Gasteiger partial charge in [0.25, 0.3) is 0 Å². The largest absolute Gasteiger partial charge is 0.493 e. The van der Waals surface area contributed by atoms with Crippen LogP contribution in [0.3, 0.4) is 0 Å². The van der Waals surface area contributed by atoms with E-state index in [0.29, 0.717) is 12.5 Å². The van der Waals surface area contributed by atoms with Crippen LogP contribution >= 0.6 is 0 Å². The first kappa shape index (κ1) is 18.8. The molecule has 0 aliphatic carbocycles. The third-order valence-corrected chi connectivity index (χ3v) is 3.93. The number of hydrogen-bond acceptors (Lipinski definition) is 2. The van der Waals surface area contributed by atoms with Gasteiger partial charge in [-0.15, -0.1) is 0 Å². The summed E-state index contributed by atoms with van der Waals surface area (Å²) in [5.74, 6) is 1.02. The van der Waals surface area contributed by atoms with E-state index in [1.54, 1.807) is 12.2 Å². The molecule has 0 aromatic heterocycles. The molecular formula is C22H27NO2. The van der Waals surface area contributed by atoms with E-state index in [1.165, 1.54) is 0 Å². The van der Waals surface area contributed by atoms with Gasteiger partial charge in [-0.1, -0.05) is 63.6 Å². The summed E-state index contributed by atoms with van der Waals surface area (Å²) in [6.07, 6.45) is 5.47. The zero-order valence-corrected chi connectivity index (χ0v) is 15.3. The molecule has 0 aliphatic rings. The minimum absolute atomic E-state index is 0.142. The first-order valence-electron chi connectivity index (χ1n) is 8.91. The second kappa shape index (κ2) is 9.67. The van der Waals surface area contributed by atoms with Gasteiger partial charge >= 0.3 is 0 Å². The molecule has 0 radical (unpaired) electrons. The smallest absolute Gasteiger partial charge is 0.248 e. The fraction of sp³-hybridized carbons (Fsp3) is 0.318.